The van der Waals surface area contributed by atoms with Crippen LogP contribution in [0.25, 0.3) is 0 Å². The van der Waals surface area contributed by atoms with Gasteiger partial charge in [0.25, 0.3) is 0 Å². The van der Waals surface area contributed by atoms with Gasteiger partial charge in [-0.2, -0.15) is 0 Å². The van der Waals surface area contributed by atoms with Crippen molar-refractivity contribution in [2.75, 3.05) is 6.61 Å². The van der Waals surface area contributed by atoms with E-state index < -0.39 is 0 Å². The van der Waals surface area contributed by atoms with Gasteiger partial charge in [-0.3, -0.25) is 0 Å². The summed E-state index contributed by atoms with van der Waals surface area (Å²) < 4.78 is 5.75. The molecule has 2 rings (SSSR count). The highest BCUT2D eigenvalue weighted by atomic mass is 16.5. The fraction of sp³-hybridized carbons (Fsp3) is 0.600. The second-order valence-electron chi connectivity index (χ2n) is 5.34. The van der Waals surface area contributed by atoms with Gasteiger partial charge in [0.1, 0.15) is 0 Å². The number of hydrogen-bond donors (Lipinski definition) is 1. The van der Waals surface area contributed by atoms with E-state index in [-0.39, 0.29) is 12.1 Å². The van der Waals surface area contributed by atoms with Crippen molar-refractivity contribution in [1.29, 1.82) is 0 Å². The lowest BCUT2D eigenvalue weighted by Crippen LogP contribution is -2.39. The van der Waals surface area contributed by atoms with Crippen molar-refractivity contribution in [2.45, 2.75) is 45.8 Å². The summed E-state index contributed by atoms with van der Waals surface area (Å²) in [4.78, 5) is 0. The Hall–Kier alpha value is -0.860. The SMILES string of the molecule is Cc1cccc(C)c1CC(N)C1OCCC1C. The third-order valence-electron chi connectivity index (χ3n) is 3.95. The van der Waals surface area contributed by atoms with Crippen LogP contribution in [0.15, 0.2) is 18.2 Å². The average Bonchev–Trinajstić information content (AvgIpc) is 2.70. The lowest BCUT2D eigenvalue weighted by atomic mass is 9.90. The molecule has 3 atom stereocenters. The Morgan fingerprint density at radius 2 is 2.00 bits per heavy atom. The molecule has 0 radical (unpaired) electrons. The number of hydrogen-bond acceptors (Lipinski definition) is 2. The van der Waals surface area contributed by atoms with Crippen molar-refractivity contribution in [1.82, 2.24) is 0 Å². The minimum atomic E-state index is 0.118. The summed E-state index contributed by atoms with van der Waals surface area (Å²) in [6, 6.07) is 6.54. The quantitative estimate of drug-likeness (QED) is 0.871. The smallest absolute Gasteiger partial charge is 0.0755 e. The molecule has 1 saturated heterocycles. The van der Waals surface area contributed by atoms with Crippen LogP contribution in [-0.4, -0.2) is 18.8 Å². The summed E-state index contributed by atoms with van der Waals surface area (Å²) in [7, 11) is 0. The predicted octanol–water partition coefficient (Wildman–Crippen LogP) is 2.60. The number of aryl methyl sites for hydroxylation is 2. The molecule has 0 amide bonds. The Balaban J connectivity index is 2.10. The van der Waals surface area contributed by atoms with Gasteiger partial charge in [-0.25, -0.2) is 0 Å². The highest BCUT2D eigenvalue weighted by Crippen LogP contribution is 2.25. The van der Waals surface area contributed by atoms with Crippen LogP contribution in [-0.2, 0) is 11.2 Å². The third kappa shape index (κ3) is 2.70. The zero-order chi connectivity index (χ0) is 12.4. The van der Waals surface area contributed by atoms with E-state index in [0.29, 0.717) is 5.92 Å². The molecule has 0 saturated carbocycles. The molecule has 1 fully saturated rings. The Labute approximate surface area is 104 Å². The molecule has 94 valence electrons. The van der Waals surface area contributed by atoms with E-state index in [1.807, 2.05) is 0 Å². The fourth-order valence-electron chi connectivity index (χ4n) is 2.79. The molecule has 17 heavy (non-hydrogen) atoms. The van der Waals surface area contributed by atoms with E-state index in [4.69, 9.17) is 10.5 Å². The maximum atomic E-state index is 6.31. The minimum absolute atomic E-state index is 0.118. The van der Waals surface area contributed by atoms with Crippen LogP contribution in [0.4, 0.5) is 0 Å². The van der Waals surface area contributed by atoms with Crippen LogP contribution in [0.3, 0.4) is 0 Å². The van der Waals surface area contributed by atoms with Crippen molar-refractivity contribution in [2.24, 2.45) is 11.7 Å². The van der Waals surface area contributed by atoms with E-state index in [1.165, 1.54) is 16.7 Å². The van der Waals surface area contributed by atoms with E-state index in [2.05, 4.69) is 39.0 Å². The first-order valence-corrected chi connectivity index (χ1v) is 6.52. The van der Waals surface area contributed by atoms with Crippen LogP contribution in [0.2, 0.25) is 0 Å². The molecular formula is C15H23NO. The molecule has 2 nitrogen and oxygen atoms in total. The maximum Gasteiger partial charge on any atom is 0.0755 e. The summed E-state index contributed by atoms with van der Waals surface area (Å²) in [5.41, 5.74) is 10.4. The summed E-state index contributed by atoms with van der Waals surface area (Å²) in [6.07, 6.45) is 2.30. The Morgan fingerprint density at radius 3 is 2.53 bits per heavy atom. The molecule has 0 aliphatic carbocycles. The first kappa shape index (κ1) is 12.6. The zero-order valence-electron chi connectivity index (χ0n) is 11.1. The molecular weight excluding hydrogens is 210 g/mol. The minimum Gasteiger partial charge on any atom is -0.376 e. The molecule has 2 N–H and O–H groups in total. The summed E-state index contributed by atoms with van der Waals surface area (Å²) in [6.45, 7) is 7.43. The Morgan fingerprint density at radius 1 is 1.35 bits per heavy atom. The standard InChI is InChI=1S/C15H23NO/c1-10-5-4-6-11(2)13(10)9-14(16)15-12(3)7-8-17-15/h4-6,12,14-15H,7-9,16H2,1-3H3. The van der Waals surface area contributed by atoms with E-state index in [9.17, 15) is 0 Å². The average molecular weight is 233 g/mol. The van der Waals surface area contributed by atoms with Crippen LogP contribution in [0, 0.1) is 19.8 Å². The summed E-state index contributed by atoms with van der Waals surface area (Å²) in [5.74, 6) is 0.592. The van der Waals surface area contributed by atoms with Gasteiger partial charge in [0, 0.05) is 12.6 Å². The number of rotatable bonds is 3. The molecule has 0 aromatic heterocycles. The van der Waals surface area contributed by atoms with Crippen molar-refractivity contribution in [3.05, 3.63) is 34.9 Å². The topological polar surface area (TPSA) is 35.2 Å². The van der Waals surface area contributed by atoms with Gasteiger partial charge >= 0.3 is 0 Å². The van der Waals surface area contributed by atoms with Crippen molar-refractivity contribution in [3.8, 4) is 0 Å². The van der Waals surface area contributed by atoms with Crippen LogP contribution < -0.4 is 5.73 Å². The highest BCUT2D eigenvalue weighted by Gasteiger charge is 2.30. The van der Waals surface area contributed by atoms with E-state index >= 15 is 0 Å². The van der Waals surface area contributed by atoms with Gasteiger partial charge in [-0.15, -0.1) is 0 Å². The van der Waals surface area contributed by atoms with Gasteiger partial charge in [0.05, 0.1) is 6.10 Å². The first-order valence-electron chi connectivity index (χ1n) is 6.52. The molecule has 1 aromatic rings. The van der Waals surface area contributed by atoms with E-state index in [0.717, 1.165) is 19.4 Å². The Bertz CT molecular complexity index is 368. The number of nitrogens with two attached hydrogens (primary N) is 1. The molecule has 3 unspecified atom stereocenters. The number of benzene rings is 1. The molecule has 0 spiro atoms. The zero-order valence-corrected chi connectivity index (χ0v) is 11.1. The molecule has 1 heterocycles. The third-order valence-corrected chi connectivity index (χ3v) is 3.95. The largest absolute Gasteiger partial charge is 0.376 e. The number of ether oxygens (including phenoxy) is 1. The maximum absolute atomic E-state index is 6.31. The molecule has 1 aliphatic rings. The molecule has 1 aliphatic heterocycles. The van der Waals surface area contributed by atoms with E-state index in [1.54, 1.807) is 0 Å². The summed E-state index contributed by atoms with van der Waals surface area (Å²) in [5, 5.41) is 0. The van der Waals surface area contributed by atoms with Gasteiger partial charge in [-0.1, -0.05) is 25.1 Å². The van der Waals surface area contributed by atoms with Crippen molar-refractivity contribution in [3.63, 3.8) is 0 Å². The fourth-order valence-corrected chi connectivity index (χ4v) is 2.79. The van der Waals surface area contributed by atoms with Gasteiger partial charge < -0.3 is 10.5 Å². The first-order chi connectivity index (χ1) is 8.09. The Kier molecular flexibility index (Phi) is 3.85. The second kappa shape index (κ2) is 5.19. The lowest BCUT2D eigenvalue weighted by molar-refractivity contribution is 0.0726. The van der Waals surface area contributed by atoms with Gasteiger partial charge in [0.15, 0.2) is 0 Å². The second-order valence-corrected chi connectivity index (χ2v) is 5.34. The normalized spacial score (nSPS) is 26.1. The van der Waals surface area contributed by atoms with Crippen LogP contribution >= 0.6 is 0 Å². The van der Waals surface area contributed by atoms with Crippen molar-refractivity contribution < 1.29 is 4.74 Å². The highest BCUT2D eigenvalue weighted by molar-refractivity contribution is 5.34. The van der Waals surface area contributed by atoms with Gasteiger partial charge in [-0.05, 0) is 49.3 Å². The monoisotopic (exact) mass is 233 g/mol. The predicted molar refractivity (Wildman–Crippen MR) is 71.1 cm³/mol. The van der Waals surface area contributed by atoms with Gasteiger partial charge in [0.2, 0.25) is 0 Å². The molecule has 0 bridgehead atoms. The van der Waals surface area contributed by atoms with Crippen LogP contribution in [0.1, 0.15) is 30.0 Å². The lowest BCUT2D eigenvalue weighted by Gasteiger charge is -2.24. The van der Waals surface area contributed by atoms with Crippen molar-refractivity contribution >= 4 is 0 Å². The molecule has 1 aromatic carbocycles. The molecule has 2 heteroatoms. The van der Waals surface area contributed by atoms with Crippen LogP contribution in [0.5, 0.6) is 0 Å². The summed E-state index contributed by atoms with van der Waals surface area (Å²) >= 11 is 0.